The molecule has 1 aliphatic heterocycles. The third kappa shape index (κ3) is 2.49. The Hall–Kier alpha value is -2.37. The third-order valence-corrected chi connectivity index (χ3v) is 3.37. The topological polar surface area (TPSA) is 80.0 Å². The Labute approximate surface area is 116 Å². The van der Waals surface area contributed by atoms with Crippen LogP contribution < -0.4 is 10.6 Å². The number of carbonyl (C=O) groups excluding carboxylic acids is 1. The molecular formula is C14H16N4O2. The predicted octanol–water partition coefficient (Wildman–Crippen LogP) is 1.25. The molecule has 6 nitrogen and oxygen atoms in total. The van der Waals surface area contributed by atoms with Crippen LogP contribution in [0.25, 0.3) is 0 Å². The van der Waals surface area contributed by atoms with E-state index in [0.717, 1.165) is 11.3 Å². The Bertz CT molecular complexity index is 623. The Kier molecular flexibility index (Phi) is 3.37. The highest BCUT2D eigenvalue weighted by Crippen LogP contribution is 2.30. The van der Waals surface area contributed by atoms with Crippen molar-refractivity contribution < 1.29 is 9.32 Å². The zero-order valence-electron chi connectivity index (χ0n) is 11.2. The average molecular weight is 272 g/mol. The van der Waals surface area contributed by atoms with Crippen molar-refractivity contribution in [2.75, 3.05) is 18.4 Å². The number of anilines is 1. The van der Waals surface area contributed by atoms with Crippen LogP contribution in [-0.4, -0.2) is 29.1 Å². The number of nitrogens with one attached hydrogen (secondary N) is 2. The monoisotopic (exact) mass is 272 g/mol. The average Bonchev–Trinajstić information content (AvgIpc) is 3.05. The van der Waals surface area contributed by atoms with Gasteiger partial charge in [0, 0.05) is 32.1 Å². The van der Waals surface area contributed by atoms with Crippen LogP contribution in [0.4, 0.5) is 5.69 Å². The molecule has 0 saturated carbocycles. The van der Waals surface area contributed by atoms with Gasteiger partial charge in [0.05, 0.1) is 5.92 Å². The summed E-state index contributed by atoms with van der Waals surface area (Å²) in [4.78, 5) is 16.3. The molecule has 0 aliphatic carbocycles. The first-order chi connectivity index (χ1) is 9.74. The van der Waals surface area contributed by atoms with Crippen molar-refractivity contribution in [2.45, 2.75) is 19.3 Å². The van der Waals surface area contributed by atoms with Crippen molar-refractivity contribution in [3.05, 3.63) is 41.5 Å². The summed E-state index contributed by atoms with van der Waals surface area (Å²) in [6.07, 6.45) is 0.574. The van der Waals surface area contributed by atoms with Crippen LogP contribution >= 0.6 is 0 Å². The molecule has 6 heteroatoms. The first-order valence-corrected chi connectivity index (χ1v) is 6.64. The molecule has 20 heavy (non-hydrogen) atoms. The lowest BCUT2D eigenvalue weighted by molar-refractivity contribution is -0.122. The summed E-state index contributed by atoms with van der Waals surface area (Å²) in [7, 11) is 0. The summed E-state index contributed by atoms with van der Waals surface area (Å²) >= 11 is 0. The minimum Gasteiger partial charge on any atom is -0.384 e. The lowest BCUT2D eigenvalue weighted by atomic mass is 10.0. The fourth-order valence-corrected chi connectivity index (χ4v) is 2.38. The maximum atomic E-state index is 12.2. The van der Waals surface area contributed by atoms with Crippen molar-refractivity contribution in [1.29, 1.82) is 0 Å². The van der Waals surface area contributed by atoms with Gasteiger partial charge in [0.15, 0.2) is 5.82 Å². The number of aryl methyl sites for hydroxylation is 1. The van der Waals surface area contributed by atoms with Crippen LogP contribution in [0.15, 0.2) is 28.8 Å². The Morgan fingerprint density at radius 1 is 1.50 bits per heavy atom. The van der Waals surface area contributed by atoms with Crippen LogP contribution in [0, 0.1) is 6.92 Å². The molecule has 0 fully saturated rings. The number of hydrogen-bond donors (Lipinski definition) is 2. The van der Waals surface area contributed by atoms with Crippen molar-refractivity contribution in [1.82, 2.24) is 15.5 Å². The highest BCUT2D eigenvalue weighted by atomic mass is 16.5. The van der Waals surface area contributed by atoms with Gasteiger partial charge < -0.3 is 15.2 Å². The molecule has 2 N–H and O–H groups in total. The fourth-order valence-electron chi connectivity index (χ4n) is 2.38. The summed E-state index contributed by atoms with van der Waals surface area (Å²) in [5.74, 6) is 1.06. The number of amides is 1. The molecule has 2 aromatic rings. The van der Waals surface area contributed by atoms with Gasteiger partial charge in [0.1, 0.15) is 0 Å². The SMILES string of the molecule is Cc1nc(CCNC(=O)C2CNc3ccccc32)no1. The summed E-state index contributed by atoms with van der Waals surface area (Å²) in [5, 5.41) is 9.96. The van der Waals surface area contributed by atoms with Gasteiger partial charge in [-0.15, -0.1) is 0 Å². The maximum Gasteiger partial charge on any atom is 0.229 e. The van der Waals surface area contributed by atoms with Crippen LogP contribution in [0.1, 0.15) is 23.2 Å². The molecule has 1 aliphatic rings. The van der Waals surface area contributed by atoms with E-state index in [1.165, 1.54) is 0 Å². The van der Waals surface area contributed by atoms with Gasteiger partial charge in [-0.1, -0.05) is 23.4 Å². The third-order valence-electron chi connectivity index (χ3n) is 3.37. The molecule has 3 rings (SSSR count). The predicted molar refractivity (Wildman–Crippen MR) is 73.4 cm³/mol. The summed E-state index contributed by atoms with van der Waals surface area (Å²) in [6, 6.07) is 7.89. The number of para-hydroxylation sites is 1. The lowest BCUT2D eigenvalue weighted by Crippen LogP contribution is -2.32. The smallest absolute Gasteiger partial charge is 0.229 e. The summed E-state index contributed by atoms with van der Waals surface area (Å²) < 4.78 is 4.88. The molecule has 0 bridgehead atoms. The second kappa shape index (κ2) is 5.32. The van der Waals surface area contributed by atoms with Gasteiger partial charge in [-0.2, -0.15) is 4.98 Å². The standard InChI is InChI=1S/C14H16N4O2/c1-9-17-13(18-20-9)6-7-15-14(19)11-8-16-12-5-3-2-4-10(11)12/h2-5,11,16H,6-8H2,1H3,(H,15,19). The Balaban J connectivity index is 1.55. The van der Waals surface area contributed by atoms with Crippen LogP contribution in [0.5, 0.6) is 0 Å². The molecule has 0 saturated heterocycles. The van der Waals surface area contributed by atoms with Crippen molar-refractivity contribution in [3.8, 4) is 0 Å². The largest absolute Gasteiger partial charge is 0.384 e. The molecular weight excluding hydrogens is 256 g/mol. The van der Waals surface area contributed by atoms with Crippen LogP contribution in [0.2, 0.25) is 0 Å². The van der Waals surface area contributed by atoms with E-state index in [9.17, 15) is 4.79 Å². The number of nitrogens with zero attached hydrogens (tertiary/aromatic N) is 2. The number of rotatable bonds is 4. The number of carbonyl (C=O) groups is 1. The molecule has 0 spiro atoms. The van der Waals surface area contributed by atoms with Crippen molar-refractivity contribution in [3.63, 3.8) is 0 Å². The van der Waals surface area contributed by atoms with E-state index in [0.29, 0.717) is 31.2 Å². The molecule has 1 amide bonds. The number of benzene rings is 1. The number of aromatic nitrogens is 2. The quantitative estimate of drug-likeness (QED) is 0.875. The summed E-state index contributed by atoms with van der Waals surface area (Å²) in [6.45, 7) is 2.90. The molecule has 2 heterocycles. The zero-order chi connectivity index (χ0) is 13.9. The van der Waals surface area contributed by atoms with E-state index in [-0.39, 0.29) is 11.8 Å². The zero-order valence-corrected chi connectivity index (χ0v) is 11.2. The van der Waals surface area contributed by atoms with E-state index >= 15 is 0 Å². The van der Waals surface area contributed by atoms with Gasteiger partial charge in [0.25, 0.3) is 0 Å². The van der Waals surface area contributed by atoms with Gasteiger partial charge in [-0.05, 0) is 11.6 Å². The molecule has 1 unspecified atom stereocenters. The van der Waals surface area contributed by atoms with Crippen molar-refractivity contribution in [2.24, 2.45) is 0 Å². The van der Waals surface area contributed by atoms with E-state index in [1.54, 1.807) is 6.92 Å². The molecule has 1 aromatic heterocycles. The maximum absolute atomic E-state index is 12.2. The molecule has 104 valence electrons. The van der Waals surface area contributed by atoms with Gasteiger partial charge >= 0.3 is 0 Å². The fraction of sp³-hybridized carbons (Fsp3) is 0.357. The molecule has 0 radical (unpaired) electrons. The first kappa shape index (κ1) is 12.7. The van der Waals surface area contributed by atoms with E-state index in [4.69, 9.17) is 4.52 Å². The first-order valence-electron chi connectivity index (χ1n) is 6.64. The highest BCUT2D eigenvalue weighted by Gasteiger charge is 2.27. The van der Waals surface area contributed by atoms with Crippen LogP contribution in [0.3, 0.4) is 0 Å². The molecule has 1 atom stereocenters. The Morgan fingerprint density at radius 3 is 3.15 bits per heavy atom. The normalized spacial score (nSPS) is 16.6. The van der Waals surface area contributed by atoms with E-state index in [2.05, 4.69) is 20.8 Å². The van der Waals surface area contributed by atoms with Gasteiger partial charge in [-0.3, -0.25) is 4.79 Å². The summed E-state index contributed by atoms with van der Waals surface area (Å²) in [5.41, 5.74) is 2.10. The van der Waals surface area contributed by atoms with E-state index in [1.807, 2.05) is 24.3 Å². The number of hydrogen-bond acceptors (Lipinski definition) is 5. The highest BCUT2D eigenvalue weighted by molar-refractivity contribution is 5.88. The van der Waals surface area contributed by atoms with Gasteiger partial charge in [-0.25, -0.2) is 0 Å². The molecule has 1 aromatic carbocycles. The lowest BCUT2D eigenvalue weighted by Gasteiger charge is -2.10. The second-order valence-corrected chi connectivity index (χ2v) is 4.79. The minimum absolute atomic E-state index is 0.0302. The minimum atomic E-state index is -0.127. The van der Waals surface area contributed by atoms with Crippen LogP contribution in [-0.2, 0) is 11.2 Å². The Morgan fingerprint density at radius 2 is 2.35 bits per heavy atom. The van der Waals surface area contributed by atoms with Crippen molar-refractivity contribution >= 4 is 11.6 Å². The van der Waals surface area contributed by atoms with E-state index < -0.39 is 0 Å². The second-order valence-electron chi connectivity index (χ2n) is 4.79. The number of fused-ring (bicyclic) bond motifs is 1. The van der Waals surface area contributed by atoms with Gasteiger partial charge in [0.2, 0.25) is 11.8 Å².